The van der Waals surface area contributed by atoms with Crippen LogP contribution < -0.4 is 4.72 Å². The van der Waals surface area contributed by atoms with E-state index >= 15 is 0 Å². The molecule has 1 rings (SSSR count). The van der Waals surface area contributed by atoms with Gasteiger partial charge < -0.3 is 9.84 Å². The number of sulfonamides is 1. The van der Waals surface area contributed by atoms with Crippen LogP contribution in [0.5, 0.6) is 5.75 Å². The summed E-state index contributed by atoms with van der Waals surface area (Å²) in [6.07, 6.45) is 1.46. The molecule has 0 aromatic heterocycles. The lowest BCUT2D eigenvalue weighted by Gasteiger charge is -2.17. The number of aromatic hydroxyl groups is 1. The quantitative estimate of drug-likeness (QED) is 0.671. The van der Waals surface area contributed by atoms with Crippen molar-refractivity contribution in [1.29, 1.82) is 0 Å². The molecule has 0 saturated heterocycles. The summed E-state index contributed by atoms with van der Waals surface area (Å²) in [6, 6.07) is 5.29. The average molecular weight is 329 g/mol. The molecule has 0 heterocycles. The van der Waals surface area contributed by atoms with Crippen LogP contribution in [0.15, 0.2) is 24.3 Å². The number of esters is 1. The second-order valence-electron chi connectivity index (χ2n) is 4.97. The Hall–Kier alpha value is -1.60. The van der Waals surface area contributed by atoms with Crippen LogP contribution in [0.1, 0.15) is 32.3 Å². The SMILES string of the molecule is CCCCS(=O)(=O)N[C@H](Cc1ccc(O)cc1)C(=O)OCC. The van der Waals surface area contributed by atoms with E-state index in [1.165, 1.54) is 12.1 Å². The Labute approximate surface area is 131 Å². The molecule has 0 fully saturated rings. The maximum atomic E-state index is 12.0. The van der Waals surface area contributed by atoms with E-state index in [2.05, 4.69) is 4.72 Å². The molecule has 0 radical (unpaired) electrons. The fourth-order valence-electron chi connectivity index (χ4n) is 1.89. The van der Waals surface area contributed by atoms with Gasteiger partial charge in [0.25, 0.3) is 0 Å². The zero-order valence-electron chi connectivity index (χ0n) is 12.9. The second-order valence-corrected chi connectivity index (χ2v) is 6.84. The predicted molar refractivity (Wildman–Crippen MR) is 84.1 cm³/mol. The Kier molecular flexibility index (Phi) is 7.34. The minimum atomic E-state index is -3.53. The maximum Gasteiger partial charge on any atom is 0.324 e. The number of carbonyl (C=O) groups excluding carboxylic acids is 1. The minimum Gasteiger partial charge on any atom is -0.508 e. The highest BCUT2D eigenvalue weighted by atomic mass is 32.2. The largest absolute Gasteiger partial charge is 0.508 e. The summed E-state index contributed by atoms with van der Waals surface area (Å²) in [5, 5.41) is 9.26. The number of benzene rings is 1. The van der Waals surface area contributed by atoms with Crippen molar-refractivity contribution in [2.45, 2.75) is 39.2 Å². The lowest BCUT2D eigenvalue weighted by atomic mass is 10.1. The van der Waals surface area contributed by atoms with Crippen molar-refractivity contribution in [1.82, 2.24) is 4.72 Å². The number of ether oxygens (including phenoxy) is 1. The first kappa shape index (κ1) is 18.4. The van der Waals surface area contributed by atoms with E-state index in [1.807, 2.05) is 6.92 Å². The molecule has 1 aromatic rings. The monoisotopic (exact) mass is 329 g/mol. The van der Waals surface area contributed by atoms with Gasteiger partial charge in [0.2, 0.25) is 10.0 Å². The molecule has 1 aromatic carbocycles. The Bertz CT molecular complexity index is 568. The van der Waals surface area contributed by atoms with Crippen molar-refractivity contribution in [2.24, 2.45) is 0 Å². The number of phenolic OH excluding ortho intramolecular Hbond substituents is 1. The zero-order chi connectivity index (χ0) is 16.6. The van der Waals surface area contributed by atoms with E-state index in [-0.39, 0.29) is 24.5 Å². The summed E-state index contributed by atoms with van der Waals surface area (Å²) in [4.78, 5) is 12.0. The smallest absolute Gasteiger partial charge is 0.324 e. The molecule has 124 valence electrons. The molecule has 0 bridgehead atoms. The summed E-state index contributed by atoms with van der Waals surface area (Å²) in [5.41, 5.74) is 0.731. The number of hydrogen-bond donors (Lipinski definition) is 2. The normalized spacial score (nSPS) is 12.8. The van der Waals surface area contributed by atoms with E-state index in [0.29, 0.717) is 6.42 Å². The van der Waals surface area contributed by atoms with E-state index in [0.717, 1.165) is 12.0 Å². The molecular weight excluding hydrogens is 306 g/mol. The molecule has 0 unspecified atom stereocenters. The van der Waals surface area contributed by atoms with Gasteiger partial charge in [-0.25, -0.2) is 13.1 Å². The van der Waals surface area contributed by atoms with Gasteiger partial charge in [0, 0.05) is 0 Å². The maximum absolute atomic E-state index is 12.0. The molecule has 7 heteroatoms. The van der Waals surface area contributed by atoms with Gasteiger partial charge in [-0.15, -0.1) is 0 Å². The first-order chi connectivity index (χ1) is 10.4. The third-order valence-electron chi connectivity index (χ3n) is 3.04. The molecule has 0 aliphatic carbocycles. The van der Waals surface area contributed by atoms with Gasteiger partial charge in [0.05, 0.1) is 12.4 Å². The molecule has 0 aliphatic heterocycles. The van der Waals surface area contributed by atoms with Crippen LogP contribution in [0.25, 0.3) is 0 Å². The van der Waals surface area contributed by atoms with Crippen LogP contribution in [0.3, 0.4) is 0 Å². The fraction of sp³-hybridized carbons (Fsp3) is 0.533. The van der Waals surface area contributed by atoms with Crippen LogP contribution >= 0.6 is 0 Å². The number of nitrogens with one attached hydrogen (secondary N) is 1. The summed E-state index contributed by atoms with van der Waals surface area (Å²) in [6.45, 7) is 3.75. The molecule has 2 N–H and O–H groups in total. The summed E-state index contributed by atoms with van der Waals surface area (Å²) in [7, 11) is -3.53. The summed E-state index contributed by atoms with van der Waals surface area (Å²) >= 11 is 0. The molecule has 0 amide bonds. The number of phenols is 1. The van der Waals surface area contributed by atoms with E-state index in [9.17, 15) is 18.3 Å². The van der Waals surface area contributed by atoms with Crippen molar-refractivity contribution in [2.75, 3.05) is 12.4 Å². The van der Waals surface area contributed by atoms with Gasteiger partial charge in [-0.05, 0) is 37.5 Å². The van der Waals surface area contributed by atoms with Gasteiger partial charge in [-0.2, -0.15) is 0 Å². The molecule has 6 nitrogen and oxygen atoms in total. The van der Waals surface area contributed by atoms with Crippen molar-refractivity contribution < 1.29 is 23.1 Å². The number of carbonyl (C=O) groups is 1. The van der Waals surface area contributed by atoms with Crippen molar-refractivity contribution >= 4 is 16.0 Å². The van der Waals surface area contributed by atoms with Crippen molar-refractivity contribution in [3.8, 4) is 5.75 Å². The van der Waals surface area contributed by atoms with Crippen LogP contribution in [-0.2, 0) is 26.0 Å². The molecule has 1 atom stereocenters. The third-order valence-corrected chi connectivity index (χ3v) is 4.51. The van der Waals surface area contributed by atoms with Crippen LogP contribution in [0.4, 0.5) is 0 Å². The lowest BCUT2D eigenvalue weighted by Crippen LogP contribution is -2.44. The Morgan fingerprint density at radius 2 is 1.91 bits per heavy atom. The van der Waals surface area contributed by atoms with Crippen LogP contribution in [0, 0.1) is 0 Å². The number of hydrogen-bond acceptors (Lipinski definition) is 5. The topological polar surface area (TPSA) is 92.7 Å². The minimum absolute atomic E-state index is 0.0189. The molecule has 0 spiro atoms. The van der Waals surface area contributed by atoms with E-state index < -0.39 is 22.0 Å². The number of unbranched alkanes of at least 4 members (excludes halogenated alkanes) is 1. The van der Waals surface area contributed by atoms with Gasteiger partial charge in [0.15, 0.2) is 0 Å². The van der Waals surface area contributed by atoms with Crippen LogP contribution in [0.2, 0.25) is 0 Å². The van der Waals surface area contributed by atoms with Gasteiger partial charge in [0.1, 0.15) is 11.8 Å². The summed E-state index contributed by atoms with van der Waals surface area (Å²) in [5.74, 6) is -0.509. The van der Waals surface area contributed by atoms with Crippen LogP contribution in [-0.4, -0.2) is 37.9 Å². The van der Waals surface area contributed by atoms with Gasteiger partial charge in [-0.1, -0.05) is 25.5 Å². The molecule has 0 saturated carbocycles. The Balaban J connectivity index is 2.84. The van der Waals surface area contributed by atoms with E-state index in [1.54, 1.807) is 19.1 Å². The number of rotatable bonds is 9. The van der Waals surface area contributed by atoms with Gasteiger partial charge in [-0.3, -0.25) is 4.79 Å². The highest BCUT2D eigenvalue weighted by Gasteiger charge is 2.25. The lowest BCUT2D eigenvalue weighted by molar-refractivity contribution is -0.145. The first-order valence-corrected chi connectivity index (χ1v) is 8.97. The third kappa shape index (κ3) is 6.44. The van der Waals surface area contributed by atoms with Crippen molar-refractivity contribution in [3.05, 3.63) is 29.8 Å². The fourth-order valence-corrected chi connectivity index (χ4v) is 3.29. The standard InChI is InChI=1S/C15H23NO5S/c1-3-5-10-22(19,20)16-14(15(18)21-4-2)11-12-6-8-13(17)9-7-12/h6-9,14,16-17H,3-5,10-11H2,1-2H3/t14-/m1/s1. The Morgan fingerprint density at radius 1 is 1.27 bits per heavy atom. The molecule has 22 heavy (non-hydrogen) atoms. The molecular formula is C15H23NO5S. The first-order valence-electron chi connectivity index (χ1n) is 7.32. The Morgan fingerprint density at radius 3 is 2.45 bits per heavy atom. The van der Waals surface area contributed by atoms with Crippen molar-refractivity contribution in [3.63, 3.8) is 0 Å². The van der Waals surface area contributed by atoms with Gasteiger partial charge >= 0.3 is 5.97 Å². The highest BCUT2D eigenvalue weighted by molar-refractivity contribution is 7.89. The molecule has 0 aliphatic rings. The summed E-state index contributed by atoms with van der Waals surface area (Å²) < 4.78 is 31.3. The second kappa shape index (κ2) is 8.75. The predicted octanol–water partition coefficient (Wildman–Crippen LogP) is 1.59. The highest BCUT2D eigenvalue weighted by Crippen LogP contribution is 2.12. The average Bonchev–Trinajstić information content (AvgIpc) is 2.47. The zero-order valence-corrected chi connectivity index (χ0v) is 13.7. The van der Waals surface area contributed by atoms with E-state index in [4.69, 9.17) is 4.74 Å².